The summed E-state index contributed by atoms with van der Waals surface area (Å²) in [6.45, 7) is 2.90. The molecule has 0 radical (unpaired) electrons. The molecular weight excluding hydrogens is 498 g/mol. The van der Waals surface area contributed by atoms with Gasteiger partial charge in [0.15, 0.2) is 5.96 Å². The first-order valence-corrected chi connectivity index (χ1v) is 8.49. The molecule has 1 aliphatic rings. The summed E-state index contributed by atoms with van der Waals surface area (Å²) in [5.74, 6) is 0.440. The monoisotopic (exact) mass is 519 g/mol. The van der Waals surface area contributed by atoms with Crippen LogP contribution in [0.2, 0.25) is 0 Å². The Morgan fingerprint density at radius 1 is 1.25 bits per heavy atom. The maximum atomic E-state index is 12.2. The molecule has 2 N–H and O–H groups in total. The van der Waals surface area contributed by atoms with Crippen LogP contribution in [0.15, 0.2) is 33.7 Å². The van der Waals surface area contributed by atoms with Crippen molar-refractivity contribution in [2.45, 2.75) is 37.8 Å². The number of benzene rings is 1. The van der Waals surface area contributed by atoms with Crippen LogP contribution in [0.1, 0.15) is 31.7 Å². The number of guanidine groups is 1. The van der Waals surface area contributed by atoms with Gasteiger partial charge in [-0.15, -0.1) is 24.0 Å². The second-order valence-electron chi connectivity index (χ2n) is 5.75. The molecule has 0 bridgehead atoms. The third kappa shape index (κ3) is 6.42. The predicted molar refractivity (Wildman–Crippen MR) is 105 cm³/mol. The quantitative estimate of drug-likeness (QED) is 0.327. The highest BCUT2D eigenvalue weighted by atomic mass is 127. The van der Waals surface area contributed by atoms with E-state index in [4.69, 9.17) is 0 Å². The van der Waals surface area contributed by atoms with Gasteiger partial charge in [0.2, 0.25) is 0 Å². The Morgan fingerprint density at radius 3 is 2.46 bits per heavy atom. The van der Waals surface area contributed by atoms with Crippen molar-refractivity contribution in [1.29, 1.82) is 0 Å². The van der Waals surface area contributed by atoms with Gasteiger partial charge in [0.05, 0.1) is 13.0 Å². The number of hydrogen-bond acceptors (Lipinski definition) is 1. The van der Waals surface area contributed by atoms with Gasteiger partial charge in [-0.2, -0.15) is 13.2 Å². The lowest BCUT2D eigenvalue weighted by atomic mass is 9.96. The molecule has 1 aromatic rings. The maximum Gasteiger partial charge on any atom is 0.390 e. The van der Waals surface area contributed by atoms with Gasteiger partial charge in [0, 0.05) is 23.0 Å². The zero-order chi connectivity index (χ0) is 16.9. The van der Waals surface area contributed by atoms with E-state index >= 15 is 0 Å². The van der Waals surface area contributed by atoms with Crippen LogP contribution in [0.25, 0.3) is 0 Å². The van der Waals surface area contributed by atoms with E-state index in [1.165, 1.54) is 5.56 Å². The largest absolute Gasteiger partial charge is 0.390 e. The Balaban J connectivity index is 0.00000288. The minimum atomic E-state index is -4.16. The SMILES string of the molecule is CCNC(=NCC1(c2ccccc2Br)CC1)NCCC(F)(F)F.I. The van der Waals surface area contributed by atoms with Crippen molar-refractivity contribution in [1.82, 2.24) is 10.6 Å². The summed E-state index contributed by atoms with van der Waals surface area (Å²) in [6, 6.07) is 8.05. The Kier molecular flexibility index (Phi) is 8.31. The molecule has 0 heterocycles. The van der Waals surface area contributed by atoms with E-state index in [1.807, 2.05) is 25.1 Å². The van der Waals surface area contributed by atoms with Crippen molar-refractivity contribution in [2.24, 2.45) is 4.99 Å². The molecule has 136 valence electrons. The topological polar surface area (TPSA) is 36.4 Å². The molecule has 0 amide bonds. The maximum absolute atomic E-state index is 12.2. The van der Waals surface area contributed by atoms with Crippen molar-refractivity contribution in [3.8, 4) is 0 Å². The van der Waals surface area contributed by atoms with Gasteiger partial charge in [0.25, 0.3) is 0 Å². The summed E-state index contributed by atoms with van der Waals surface area (Å²) < 4.78 is 37.8. The van der Waals surface area contributed by atoms with Crippen molar-refractivity contribution in [2.75, 3.05) is 19.6 Å². The predicted octanol–water partition coefficient (Wildman–Crippen LogP) is 4.61. The highest BCUT2D eigenvalue weighted by molar-refractivity contribution is 14.0. The van der Waals surface area contributed by atoms with Crippen LogP contribution >= 0.6 is 39.9 Å². The summed E-state index contributed by atoms with van der Waals surface area (Å²) >= 11 is 3.57. The smallest absolute Gasteiger partial charge is 0.357 e. The van der Waals surface area contributed by atoms with Crippen molar-refractivity contribution in [3.05, 3.63) is 34.3 Å². The van der Waals surface area contributed by atoms with Gasteiger partial charge in [0.1, 0.15) is 0 Å². The summed E-state index contributed by atoms with van der Waals surface area (Å²) in [6.07, 6.45) is -2.94. The zero-order valence-corrected chi connectivity index (χ0v) is 17.3. The number of nitrogens with one attached hydrogen (secondary N) is 2. The number of aliphatic imine (C=N–C) groups is 1. The van der Waals surface area contributed by atoms with Gasteiger partial charge in [-0.3, -0.25) is 4.99 Å². The van der Waals surface area contributed by atoms with E-state index in [0.29, 0.717) is 19.0 Å². The second-order valence-corrected chi connectivity index (χ2v) is 6.60. The van der Waals surface area contributed by atoms with E-state index in [0.717, 1.165) is 17.3 Å². The van der Waals surface area contributed by atoms with Crippen molar-refractivity contribution >= 4 is 45.9 Å². The number of halogens is 5. The minimum absolute atomic E-state index is 0. The molecule has 1 saturated carbocycles. The molecule has 0 saturated heterocycles. The molecule has 0 aliphatic heterocycles. The van der Waals surface area contributed by atoms with Crippen LogP contribution in [0.5, 0.6) is 0 Å². The first-order valence-electron chi connectivity index (χ1n) is 7.70. The molecule has 1 aliphatic carbocycles. The molecule has 0 unspecified atom stereocenters. The first kappa shape index (κ1) is 21.5. The molecule has 24 heavy (non-hydrogen) atoms. The third-order valence-electron chi connectivity index (χ3n) is 3.88. The van der Waals surface area contributed by atoms with Crippen LogP contribution in [0.4, 0.5) is 13.2 Å². The Morgan fingerprint density at radius 2 is 1.92 bits per heavy atom. The lowest BCUT2D eigenvalue weighted by Crippen LogP contribution is -2.39. The number of rotatable bonds is 6. The highest BCUT2D eigenvalue weighted by Crippen LogP contribution is 2.50. The third-order valence-corrected chi connectivity index (χ3v) is 4.58. The average Bonchev–Trinajstić information content (AvgIpc) is 3.25. The molecule has 0 spiro atoms. The fourth-order valence-electron chi connectivity index (χ4n) is 2.45. The van der Waals surface area contributed by atoms with Gasteiger partial charge < -0.3 is 10.6 Å². The Hall–Kier alpha value is -0.510. The molecule has 3 nitrogen and oxygen atoms in total. The number of nitrogens with zero attached hydrogens (tertiary/aromatic N) is 1. The summed E-state index contributed by atoms with van der Waals surface area (Å²) in [7, 11) is 0. The average molecular weight is 520 g/mol. The van der Waals surface area contributed by atoms with Crippen LogP contribution in [-0.2, 0) is 5.41 Å². The van der Waals surface area contributed by atoms with E-state index in [9.17, 15) is 13.2 Å². The van der Waals surface area contributed by atoms with Crippen LogP contribution in [0.3, 0.4) is 0 Å². The normalized spacial score (nSPS) is 16.3. The first-order chi connectivity index (χ1) is 10.9. The van der Waals surface area contributed by atoms with Crippen molar-refractivity contribution < 1.29 is 13.2 Å². The van der Waals surface area contributed by atoms with E-state index in [2.05, 4.69) is 37.6 Å². The number of alkyl halides is 3. The summed E-state index contributed by atoms with van der Waals surface area (Å²) in [5.41, 5.74) is 1.22. The standard InChI is InChI=1S/C16H21BrF3N3.HI/c1-2-21-14(22-10-9-16(18,19)20)23-11-15(7-8-15)12-5-3-4-6-13(12)17;/h3-6H,2,7-11H2,1H3,(H2,21,22,23);1H. The van der Waals surface area contributed by atoms with Crippen LogP contribution in [-0.4, -0.2) is 31.8 Å². The summed E-state index contributed by atoms with van der Waals surface area (Å²) in [5, 5.41) is 5.75. The zero-order valence-electron chi connectivity index (χ0n) is 13.4. The fourth-order valence-corrected chi connectivity index (χ4v) is 3.15. The van der Waals surface area contributed by atoms with Gasteiger partial charge in [-0.05, 0) is 31.4 Å². The number of hydrogen-bond donors (Lipinski definition) is 2. The molecule has 1 fully saturated rings. The molecule has 8 heteroatoms. The molecule has 0 atom stereocenters. The van der Waals surface area contributed by atoms with E-state index in [1.54, 1.807) is 0 Å². The lowest BCUT2D eigenvalue weighted by molar-refractivity contribution is -0.132. The fraction of sp³-hybridized carbons (Fsp3) is 0.562. The van der Waals surface area contributed by atoms with Gasteiger partial charge >= 0.3 is 6.18 Å². The Labute approximate surface area is 166 Å². The Bertz CT molecular complexity index is 560. The van der Waals surface area contributed by atoms with E-state index < -0.39 is 12.6 Å². The van der Waals surface area contributed by atoms with Gasteiger partial charge in [-0.1, -0.05) is 34.1 Å². The molecular formula is C16H22BrF3IN3. The lowest BCUT2D eigenvalue weighted by Gasteiger charge is -2.17. The highest BCUT2D eigenvalue weighted by Gasteiger charge is 2.45. The summed E-state index contributed by atoms with van der Waals surface area (Å²) in [4.78, 5) is 4.49. The van der Waals surface area contributed by atoms with E-state index in [-0.39, 0.29) is 35.9 Å². The molecule has 0 aromatic heterocycles. The van der Waals surface area contributed by atoms with Crippen molar-refractivity contribution in [3.63, 3.8) is 0 Å². The molecule has 2 rings (SSSR count). The van der Waals surface area contributed by atoms with Crippen LogP contribution < -0.4 is 10.6 Å². The minimum Gasteiger partial charge on any atom is -0.357 e. The van der Waals surface area contributed by atoms with Crippen LogP contribution in [0, 0.1) is 0 Å². The molecule has 1 aromatic carbocycles. The second kappa shape index (κ2) is 9.26. The van der Waals surface area contributed by atoms with Gasteiger partial charge in [-0.25, -0.2) is 0 Å².